The SMILES string of the molecule is O=C1CCN(Cc2cc(F)ccc2F)C(=O)N1. The molecule has 0 atom stereocenters. The first-order chi connectivity index (χ1) is 8.06. The van der Waals surface area contributed by atoms with Gasteiger partial charge in [0, 0.05) is 18.5 Å². The van der Waals surface area contributed by atoms with Crippen LogP contribution in [0.3, 0.4) is 0 Å². The van der Waals surface area contributed by atoms with Crippen LogP contribution in [0.25, 0.3) is 0 Å². The van der Waals surface area contributed by atoms with Crippen molar-refractivity contribution in [2.45, 2.75) is 13.0 Å². The van der Waals surface area contributed by atoms with E-state index < -0.39 is 17.7 Å². The van der Waals surface area contributed by atoms with E-state index in [4.69, 9.17) is 0 Å². The maximum atomic E-state index is 13.3. The van der Waals surface area contributed by atoms with Crippen molar-refractivity contribution >= 4 is 11.9 Å². The van der Waals surface area contributed by atoms with Crippen LogP contribution in [-0.4, -0.2) is 23.4 Å². The number of rotatable bonds is 2. The molecule has 1 saturated heterocycles. The van der Waals surface area contributed by atoms with E-state index in [-0.39, 0.29) is 31.0 Å². The number of halogens is 2. The highest BCUT2D eigenvalue weighted by atomic mass is 19.1. The van der Waals surface area contributed by atoms with Crippen LogP contribution < -0.4 is 5.32 Å². The fourth-order valence-electron chi connectivity index (χ4n) is 1.62. The predicted octanol–water partition coefficient (Wildman–Crippen LogP) is 1.41. The number of imide groups is 1. The topological polar surface area (TPSA) is 49.4 Å². The molecule has 0 saturated carbocycles. The zero-order valence-electron chi connectivity index (χ0n) is 8.87. The van der Waals surface area contributed by atoms with Gasteiger partial charge in [0.25, 0.3) is 0 Å². The number of nitrogens with one attached hydrogen (secondary N) is 1. The van der Waals surface area contributed by atoms with E-state index in [1.165, 1.54) is 4.90 Å². The second-order valence-electron chi connectivity index (χ2n) is 3.76. The summed E-state index contributed by atoms with van der Waals surface area (Å²) in [6.45, 7) is 0.156. The molecule has 1 N–H and O–H groups in total. The molecule has 1 aromatic carbocycles. The molecule has 0 aliphatic carbocycles. The van der Waals surface area contributed by atoms with Crippen LogP contribution >= 0.6 is 0 Å². The van der Waals surface area contributed by atoms with Crippen LogP contribution in [0.1, 0.15) is 12.0 Å². The summed E-state index contributed by atoms with van der Waals surface area (Å²) in [5, 5.41) is 2.12. The van der Waals surface area contributed by atoms with E-state index in [0.717, 1.165) is 18.2 Å². The number of hydrogen-bond acceptors (Lipinski definition) is 2. The normalized spacial score (nSPS) is 16.0. The molecule has 17 heavy (non-hydrogen) atoms. The van der Waals surface area contributed by atoms with Crippen LogP contribution in [0.15, 0.2) is 18.2 Å². The Balaban J connectivity index is 2.13. The molecule has 1 aliphatic rings. The summed E-state index contributed by atoms with van der Waals surface area (Å²) in [5.41, 5.74) is 0.0921. The van der Waals surface area contributed by atoms with Gasteiger partial charge >= 0.3 is 6.03 Å². The lowest BCUT2D eigenvalue weighted by molar-refractivity contribution is -0.121. The first-order valence-electron chi connectivity index (χ1n) is 5.09. The van der Waals surface area contributed by atoms with E-state index in [9.17, 15) is 18.4 Å². The van der Waals surface area contributed by atoms with Gasteiger partial charge in [-0.05, 0) is 18.2 Å². The van der Waals surface area contributed by atoms with E-state index in [0.29, 0.717) is 0 Å². The quantitative estimate of drug-likeness (QED) is 0.849. The Kier molecular flexibility index (Phi) is 3.03. The third kappa shape index (κ3) is 2.58. The van der Waals surface area contributed by atoms with Gasteiger partial charge in [-0.25, -0.2) is 13.6 Å². The minimum atomic E-state index is -0.579. The number of urea groups is 1. The van der Waals surface area contributed by atoms with Crippen LogP contribution in [0, 0.1) is 11.6 Å². The summed E-state index contributed by atoms with van der Waals surface area (Å²) in [7, 11) is 0. The number of carbonyl (C=O) groups is 2. The first-order valence-corrected chi connectivity index (χ1v) is 5.09. The zero-order chi connectivity index (χ0) is 12.4. The second kappa shape index (κ2) is 4.48. The van der Waals surface area contributed by atoms with Crippen molar-refractivity contribution in [3.05, 3.63) is 35.4 Å². The minimum Gasteiger partial charge on any atom is -0.320 e. The highest BCUT2D eigenvalue weighted by Gasteiger charge is 2.23. The van der Waals surface area contributed by atoms with Crippen molar-refractivity contribution in [2.75, 3.05) is 6.54 Å². The molecule has 1 heterocycles. The standard InChI is InChI=1S/C11H10F2N2O2/c12-8-1-2-9(13)7(5-8)6-15-4-3-10(16)14-11(15)17/h1-2,5H,3-4,6H2,(H,14,16,17). The number of benzene rings is 1. The summed E-state index contributed by atoms with van der Waals surface area (Å²) >= 11 is 0. The van der Waals surface area contributed by atoms with Gasteiger partial charge in [-0.2, -0.15) is 0 Å². The molecule has 4 nitrogen and oxygen atoms in total. The molecule has 0 aromatic heterocycles. The Labute approximate surface area is 96.2 Å². The average Bonchev–Trinajstić information content (AvgIpc) is 2.27. The van der Waals surface area contributed by atoms with Gasteiger partial charge in [-0.3, -0.25) is 10.1 Å². The van der Waals surface area contributed by atoms with Gasteiger partial charge in [0.2, 0.25) is 5.91 Å². The number of hydrogen-bond donors (Lipinski definition) is 1. The fraction of sp³-hybridized carbons (Fsp3) is 0.273. The van der Waals surface area contributed by atoms with Gasteiger partial charge in [0.05, 0.1) is 6.54 Å². The molecule has 0 bridgehead atoms. The first kappa shape index (κ1) is 11.5. The smallest absolute Gasteiger partial charge is 0.320 e. The maximum Gasteiger partial charge on any atom is 0.324 e. The largest absolute Gasteiger partial charge is 0.324 e. The van der Waals surface area contributed by atoms with Crippen molar-refractivity contribution in [1.29, 1.82) is 0 Å². The number of carbonyl (C=O) groups excluding carboxylic acids is 2. The van der Waals surface area contributed by atoms with Crippen molar-refractivity contribution in [3.63, 3.8) is 0 Å². The lowest BCUT2D eigenvalue weighted by Gasteiger charge is -2.26. The summed E-state index contributed by atoms with van der Waals surface area (Å²) in [6, 6.07) is 2.49. The molecule has 1 aromatic rings. The summed E-state index contributed by atoms with van der Waals surface area (Å²) in [4.78, 5) is 23.5. The minimum absolute atomic E-state index is 0.0529. The lowest BCUT2D eigenvalue weighted by atomic mass is 10.2. The van der Waals surface area contributed by atoms with Crippen molar-refractivity contribution < 1.29 is 18.4 Å². The molecule has 90 valence electrons. The van der Waals surface area contributed by atoms with Gasteiger partial charge in [-0.15, -0.1) is 0 Å². The van der Waals surface area contributed by atoms with E-state index in [1.807, 2.05) is 0 Å². The average molecular weight is 240 g/mol. The summed E-state index contributed by atoms with van der Waals surface area (Å²) < 4.78 is 26.3. The third-order valence-electron chi connectivity index (χ3n) is 2.51. The third-order valence-corrected chi connectivity index (χ3v) is 2.51. The zero-order valence-corrected chi connectivity index (χ0v) is 8.87. The van der Waals surface area contributed by atoms with Crippen molar-refractivity contribution in [3.8, 4) is 0 Å². The summed E-state index contributed by atoms with van der Waals surface area (Å²) in [6.07, 6.45) is 0.169. The van der Waals surface area contributed by atoms with Crippen molar-refractivity contribution in [1.82, 2.24) is 10.2 Å². The Morgan fingerprint density at radius 3 is 2.76 bits per heavy atom. The van der Waals surface area contributed by atoms with Crippen molar-refractivity contribution in [2.24, 2.45) is 0 Å². The van der Waals surface area contributed by atoms with Crippen LogP contribution in [0.5, 0.6) is 0 Å². The molecule has 0 unspecified atom stereocenters. The monoisotopic (exact) mass is 240 g/mol. The molecule has 1 fully saturated rings. The van der Waals surface area contributed by atoms with Gasteiger partial charge in [-0.1, -0.05) is 0 Å². The second-order valence-corrected chi connectivity index (χ2v) is 3.76. The van der Waals surface area contributed by atoms with Crippen LogP contribution in [-0.2, 0) is 11.3 Å². The Bertz CT molecular complexity index is 477. The predicted molar refractivity (Wildman–Crippen MR) is 54.9 cm³/mol. The molecule has 6 heteroatoms. The fourth-order valence-corrected chi connectivity index (χ4v) is 1.62. The van der Waals surface area contributed by atoms with Gasteiger partial charge in [0.15, 0.2) is 0 Å². The molecule has 3 amide bonds. The number of nitrogens with zero attached hydrogens (tertiary/aromatic N) is 1. The van der Waals surface area contributed by atoms with Gasteiger partial charge < -0.3 is 4.90 Å². The highest BCUT2D eigenvalue weighted by Crippen LogP contribution is 2.14. The Morgan fingerprint density at radius 1 is 1.29 bits per heavy atom. The molecular formula is C11H10F2N2O2. The van der Waals surface area contributed by atoms with E-state index in [2.05, 4.69) is 5.32 Å². The maximum absolute atomic E-state index is 13.3. The summed E-state index contributed by atoms with van der Waals surface area (Å²) in [5.74, 6) is -1.49. The Hall–Kier alpha value is -1.98. The molecule has 0 spiro atoms. The molecule has 1 aliphatic heterocycles. The molecule has 2 rings (SSSR count). The molecule has 0 radical (unpaired) electrons. The van der Waals surface area contributed by atoms with Crippen LogP contribution in [0.2, 0.25) is 0 Å². The lowest BCUT2D eigenvalue weighted by Crippen LogP contribution is -2.48. The van der Waals surface area contributed by atoms with Crippen LogP contribution in [0.4, 0.5) is 13.6 Å². The molecular weight excluding hydrogens is 230 g/mol. The highest BCUT2D eigenvalue weighted by molar-refractivity contribution is 5.96. The number of amides is 3. The van der Waals surface area contributed by atoms with Gasteiger partial charge in [0.1, 0.15) is 11.6 Å². The Morgan fingerprint density at radius 2 is 2.06 bits per heavy atom. The van der Waals surface area contributed by atoms with E-state index in [1.54, 1.807) is 0 Å². The van der Waals surface area contributed by atoms with E-state index >= 15 is 0 Å².